The highest BCUT2D eigenvalue weighted by atomic mass is 32.2. The average Bonchev–Trinajstić information content (AvgIpc) is 3.55. The number of carbonyl (C=O) groups is 4. The molecule has 4 aromatic rings. The van der Waals surface area contributed by atoms with Gasteiger partial charge in [0.1, 0.15) is 11.1 Å². The van der Waals surface area contributed by atoms with Gasteiger partial charge in [-0.05, 0) is 80.1 Å². The van der Waals surface area contributed by atoms with Crippen molar-refractivity contribution in [1.29, 1.82) is 0 Å². The Labute approximate surface area is 276 Å². The Bertz CT molecular complexity index is 1910. The van der Waals surface area contributed by atoms with Gasteiger partial charge in [0.15, 0.2) is 18.1 Å². The number of aromatic amines is 1. The number of aromatic nitrogens is 1. The molecule has 6 rings (SSSR count). The van der Waals surface area contributed by atoms with Gasteiger partial charge in [0, 0.05) is 16.5 Å². The summed E-state index contributed by atoms with van der Waals surface area (Å²) in [5, 5.41) is 2.32. The minimum Gasteiger partial charge on any atom is -0.490 e. The molecule has 1 saturated heterocycles. The fourth-order valence-corrected chi connectivity index (χ4v) is 8.09. The number of ether oxygens (including phenoxy) is 3. The third-order valence-electron chi connectivity index (χ3n) is 7.57. The number of benzene rings is 3. The summed E-state index contributed by atoms with van der Waals surface area (Å²) in [5.74, 6) is -3.23. The molecule has 3 heterocycles. The van der Waals surface area contributed by atoms with Crippen LogP contribution in [0.2, 0.25) is 0 Å². The van der Waals surface area contributed by atoms with E-state index in [0.717, 1.165) is 28.0 Å². The van der Waals surface area contributed by atoms with Crippen molar-refractivity contribution in [2.75, 3.05) is 30.0 Å². The van der Waals surface area contributed by atoms with Gasteiger partial charge in [0.05, 0.1) is 35.4 Å². The molecular weight excluding hydrogens is 650 g/mol. The summed E-state index contributed by atoms with van der Waals surface area (Å²) in [6, 6.07) is 16.4. The second-order valence-corrected chi connectivity index (χ2v) is 12.7. The van der Waals surface area contributed by atoms with Crippen molar-refractivity contribution in [3.63, 3.8) is 0 Å². The van der Waals surface area contributed by atoms with Crippen LogP contribution in [-0.4, -0.2) is 53.7 Å². The number of H-pyrrole nitrogens is 1. The highest BCUT2D eigenvalue weighted by molar-refractivity contribution is 8.00. The normalized spacial score (nSPS) is 18.4. The molecule has 2 N–H and O–H groups in total. The number of esters is 1. The van der Waals surface area contributed by atoms with Gasteiger partial charge in [-0.3, -0.25) is 19.2 Å². The minimum absolute atomic E-state index is 0.211. The zero-order valence-corrected chi connectivity index (χ0v) is 26.7. The third-order valence-corrected chi connectivity index (χ3v) is 9.98. The van der Waals surface area contributed by atoms with Crippen LogP contribution in [0.15, 0.2) is 76.6 Å². The van der Waals surface area contributed by atoms with E-state index in [0.29, 0.717) is 32.6 Å². The highest BCUT2D eigenvalue weighted by Gasteiger charge is 2.56. The molecule has 47 heavy (non-hydrogen) atoms. The first-order chi connectivity index (χ1) is 22.7. The number of fused-ring (bicyclic) bond motifs is 2. The molecule has 3 aromatic carbocycles. The smallest absolute Gasteiger partial charge is 0.338 e. The standard InChI is InChI=1S/C33H28FN3O8S2/c1-3-43-23-15-18(7-14-22(23)45-16-24(38)35-20-10-8-19(34)9-11-20)25-26-28(46-29-27(25)47-33(42)36-29)31(40)37(30(26)39)21-12-5-17(6-13-21)32(41)44-4-2/h5-15,25-26,28H,3-4,16H2,1-2H3,(H,35,38)(H,36,42). The summed E-state index contributed by atoms with van der Waals surface area (Å²) in [6.07, 6.45) is 0. The maximum absolute atomic E-state index is 14.1. The number of nitrogens with one attached hydrogen (secondary N) is 2. The summed E-state index contributed by atoms with van der Waals surface area (Å²) >= 11 is 2.13. The first-order valence-electron chi connectivity index (χ1n) is 14.7. The van der Waals surface area contributed by atoms with Gasteiger partial charge in [0.25, 0.3) is 5.91 Å². The van der Waals surface area contributed by atoms with Gasteiger partial charge in [-0.25, -0.2) is 14.1 Å². The van der Waals surface area contributed by atoms with Crippen molar-refractivity contribution < 1.29 is 37.8 Å². The van der Waals surface area contributed by atoms with E-state index in [-0.39, 0.29) is 36.0 Å². The van der Waals surface area contributed by atoms with E-state index in [4.69, 9.17) is 14.2 Å². The molecule has 11 nitrogen and oxygen atoms in total. The van der Waals surface area contributed by atoms with E-state index >= 15 is 0 Å². The summed E-state index contributed by atoms with van der Waals surface area (Å²) in [6.45, 7) is 3.60. The molecule has 1 aromatic heterocycles. The van der Waals surface area contributed by atoms with Crippen molar-refractivity contribution >= 4 is 58.2 Å². The topological polar surface area (TPSA) is 144 Å². The van der Waals surface area contributed by atoms with Crippen LogP contribution in [0.4, 0.5) is 15.8 Å². The maximum atomic E-state index is 14.1. The number of nitrogens with zero attached hydrogens (tertiary/aromatic N) is 1. The number of thiazole rings is 1. The van der Waals surface area contributed by atoms with Gasteiger partial charge in [-0.15, -0.1) is 0 Å². The predicted octanol–water partition coefficient (Wildman–Crippen LogP) is 4.96. The summed E-state index contributed by atoms with van der Waals surface area (Å²) in [5.41, 5.74) is 1.63. The third kappa shape index (κ3) is 6.38. The Morgan fingerprint density at radius 3 is 2.36 bits per heavy atom. The van der Waals surface area contributed by atoms with Crippen molar-refractivity contribution in [1.82, 2.24) is 4.98 Å². The lowest BCUT2D eigenvalue weighted by Gasteiger charge is -2.30. The monoisotopic (exact) mass is 677 g/mol. The largest absolute Gasteiger partial charge is 0.490 e. The van der Waals surface area contributed by atoms with Crippen molar-refractivity contribution in [3.8, 4) is 11.5 Å². The van der Waals surface area contributed by atoms with Gasteiger partial charge in [0.2, 0.25) is 11.8 Å². The number of amides is 3. The average molecular weight is 678 g/mol. The van der Waals surface area contributed by atoms with Crippen LogP contribution >= 0.6 is 23.1 Å². The van der Waals surface area contributed by atoms with Gasteiger partial charge in [-0.2, -0.15) is 0 Å². The Morgan fingerprint density at radius 1 is 0.915 bits per heavy atom. The second-order valence-electron chi connectivity index (χ2n) is 10.5. The molecule has 242 valence electrons. The number of hydrogen-bond acceptors (Lipinski definition) is 10. The Balaban J connectivity index is 1.29. The minimum atomic E-state index is -0.848. The quantitative estimate of drug-likeness (QED) is 0.176. The molecule has 0 aliphatic carbocycles. The molecule has 3 amide bonds. The van der Waals surface area contributed by atoms with E-state index in [1.165, 1.54) is 48.5 Å². The van der Waals surface area contributed by atoms with Crippen molar-refractivity contribution in [2.24, 2.45) is 5.92 Å². The predicted molar refractivity (Wildman–Crippen MR) is 173 cm³/mol. The number of anilines is 2. The molecule has 0 radical (unpaired) electrons. The van der Waals surface area contributed by atoms with Gasteiger partial charge in [-0.1, -0.05) is 29.2 Å². The van der Waals surface area contributed by atoms with E-state index in [9.17, 15) is 28.4 Å². The Hall–Kier alpha value is -4.95. The highest BCUT2D eigenvalue weighted by Crippen LogP contribution is 2.53. The molecule has 2 aliphatic heterocycles. The zero-order chi connectivity index (χ0) is 33.2. The second kappa shape index (κ2) is 13.4. The van der Waals surface area contributed by atoms with Crippen LogP contribution in [0.1, 0.15) is 40.6 Å². The summed E-state index contributed by atoms with van der Waals surface area (Å²) in [4.78, 5) is 69.3. The Kier molecular flexibility index (Phi) is 9.14. The summed E-state index contributed by atoms with van der Waals surface area (Å²) in [7, 11) is 0. The van der Waals surface area contributed by atoms with E-state index < -0.39 is 46.6 Å². The van der Waals surface area contributed by atoms with Gasteiger partial charge < -0.3 is 24.5 Å². The first kappa shape index (κ1) is 32.0. The first-order valence-corrected chi connectivity index (χ1v) is 16.4. The van der Waals surface area contributed by atoms with Crippen LogP contribution in [-0.2, 0) is 19.1 Å². The fraction of sp³-hybridized carbons (Fsp3) is 0.242. The number of imide groups is 1. The molecular formula is C33H28FN3O8S2. The fourth-order valence-electron chi connectivity index (χ4n) is 5.57. The van der Waals surface area contributed by atoms with Crippen LogP contribution < -0.4 is 24.6 Å². The van der Waals surface area contributed by atoms with Crippen LogP contribution in [0.3, 0.4) is 0 Å². The van der Waals surface area contributed by atoms with E-state index in [1.54, 1.807) is 32.0 Å². The van der Waals surface area contributed by atoms with Gasteiger partial charge >= 0.3 is 10.8 Å². The zero-order valence-electron chi connectivity index (χ0n) is 25.1. The number of thioether (sulfide) groups is 1. The molecule has 0 saturated carbocycles. The number of carbonyl (C=O) groups excluding carboxylic acids is 4. The molecule has 3 atom stereocenters. The molecule has 1 fully saturated rings. The lowest BCUT2D eigenvalue weighted by molar-refractivity contribution is -0.122. The molecule has 3 unspecified atom stereocenters. The molecule has 2 aliphatic rings. The van der Waals surface area contributed by atoms with Crippen molar-refractivity contribution in [2.45, 2.75) is 30.0 Å². The number of hydrogen-bond donors (Lipinski definition) is 2. The number of halogens is 1. The molecule has 14 heteroatoms. The van der Waals surface area contributed by atoms with Crippen LogP contribution in [0, 0.1) is 11.7 Å². The summed E-state index contributed by atoms with van der Waals surface area (Å²) < 4.78 is 29.9. The SMILES string of the molecule is CCOC(=O)c1ccc(N2C(=O)C3Sc4[nH]c(=O)sc4C(c4ccc(OCC(=O)Nc5ccc(F)cc5)c(OCC)c4)C3C2=O)cc1. The van der Waals surface area contributed by atoms with E-state index in [1.807, 2.05) is 0 Å². The maximum Gasteiger partial charge on any atom is 0.338 e. The van der Waals surface area contributed by atoms with Crippen LogP contribution in [0.25, 0.3) is 0 Å². The lowest BCUT2D eigenvalue weighted by Crippen LogP contribution is -2.32. The number of rotatable bonds is 10. The van der Waals surface area contributed by atoms with Crippen molar-refractivity contribution in [3.05, 3.63) is 98.2 Å². The molecule has 0 bridgehead atoms. The Morgan fingerprint density at radius 2 is 1.66 bits per heavy atom. The van der Waals surface area contributed by atoms with E-state index in [2.05, 4.69) is 10.3 Å². The lowest BCUT2D eigenvalue weighted by atomic mass is 9.83. The molecule has 0 spiro atoms. The van der Waals surface area contributed by atoms with Crippen LogP contribution in [0.5, 0.6) is 11.5 Å².